The molecule has 9 heteroatoms. The van der Waals surface area contributed by atoms with Crippen LogP contribution in [-0.4, -0.2) is 39.1 Å². The molecule has 0 radical (unpaired) electrons. The van der Waals surface area contributed by atoms with Gasteiger partial charge in [-0.2, -0.15) is 4.98 Å². The number of anilines is 3. The maximum absolute atomic E-state index is 11.9. The third-order valence-corrected chi connectivity index (χ3v) is 4.34. The third-order valence-electron chi connectivity index (χ3n) is 4.34. The van der Waals surface area contributed by atoms with Gasteiger partial charge in [0.1, 0.15) is 23.0 Å². The first kappa shape index (κ1) is 24.1. The summed E-state index contributed by atoms with van der Waals surface area (Å²) in [7, 11) is 0. The van der Waals surface area contributed by atoms with E-state index in [2.05, 4.69) is 44.6 Å². The maximum atomic E-state index is 11.9. The molecule has 9 nitrogen and oxygen atoms in total. The van der Waals surface area contributed by atoms with Crippen molar-refractivity contribution in [1.29, 1.82) is 0 Å². The summed E-state index contributed by atoms with van der Waals surface area (Å²) in [6.07, 6.45) is 3.05. The number of rotatable bonds is 7. The number of carbonyl (C=O) groups excluding carboxylic acids is 1. The lowest BCUT2D eigenvalue weighted by Crippen LogP contribution is -2.27. The fourth-order valence-electron chi connectivity index (χ4n) is 2.73. The van der Waals surface area contributed by atoms with E-state index in [4.69, 9.17) is 15.6 Å². The van der Waals surface area contributed by atoms with Crippen molar-refractivity contribution in [3.63, 3.8) is 0 Å². The van der Waals surface area contributed by atoms with Crippen LogP contribution in [0.25, 0.3) is 0 Å². The Morgan fingerprint density at radius 1 is 0.971 bits per heavy atom. The van der Waals surface area contributed by atoms with E-state index in [9.17, 15) is 4.79 Å². The van der Waals surface area contributed by atoms with Gasteiger partial charge in [-0.25, -0.2) is 4.98 Å². The number of nitrogens with two attached hydrogens (primary N) is 1. The van der Waals surface area contributed by atoms with Crippen LogP contribution >= 0.6 is 0 Å². The van der Waals surface area contributed by atoms with Crippen LogP contribution in [0.3, 0.4) is 0 Å². The van der Waals surface area contributed by atoms with Gasteiger partial charge in [-0.1, -0.05) is 35.9 Å². The van der Waals surface area contributed by atoms with Gasteiger partial charge in [0.05, 0.1) is 6.61 Å². The molecule has 0 aliphatic carbocycles. The number of pyridine rings is 1. The lowest BCUT2D eigenvalue weighted by atomic mass is 10.2. The molecule has 0 bridgehead atoms. The number of hydrogen-bond acceptors (Lipinski definition) is 8. The van der Waals surface area contributed by atoms with Gasteiger partial charge in [0, 0.05) is 30.7 Å². The Labute approximate surface area is 197 Å². The fourth-order valence-corrected chi connectivity index (χ4v) is 2.73. The van der Waals surface area contributed by atoms with Crippen molar-refractivity contribution in [1.82, 2.24) is 20.3 Å². The SMILES string of the molecule is Cc1ccccc1.Nc1nccc(Nc2ccc(Oc3ccnc(C(=O)NCCO)c3)cc2)n1. The minimum Gasteiger partial charge on any atom is -0.457 e. The number of nitrogens with one attached hydrogen (secondary N) is 2. The standard InChI is InChI=1S/C18H18N6O3.C7H8/c19-18-22-8-6-16(24-18)23-12-1-3-13(4-2-12)27-14-5-7-20-15(11-14)17(26)21-9-10-25;1-7-5-3-2-4-6-7/h1-8,11,25H,9-10H2,(H,21,26)(H3,19,22,23,24);2-6H,1H3. The second-order valence-corrected chi connectivity index (χ2v) is 7.06. The zero-order chi connectivity index (χ0) is 24.2. The second kappa shape index (κ2) is 12.5. The summed E-state index contributed by atoms with van der Waals surface area (Å²) in [5.41, 5.74) is 7.89. The molecule has 1 amide bonds. The zero-order valence-electron chi connectivity index (χ0n) is 18.7. The number of aliphatic hydroxyl groups is 1. The Kier molecular flexibility index (Phi) is 8.89. The highest BCUT2D eigenvalue weighted by molar-refractivity contribution is 5.92. The highest BCUT2D eigenvalue weighted by Crippen LogP contribution is 2.24. The minimum absolute atomic E-state index is 0.135. The molecule has 4 aromatic rings. The average molecular weight is 459 g/mol. The molecule has 5 N–H and O–H groups in total. The van der Waals surface area contributed by atoms with Crippen LogP contribution in [0.4, 0.5) is 17.5 Å². The number of nitrogens with zero attached hydrogens (tertiary/aromatic N) is 3. The summed E-state index contributed by atoms with van der Waals surface area (Å²) >= 11 is 0. The van der Waals surface area contributed by atoms with Crippen molar-refractivity contribution in [2.45, 2.75) is 6.92 Å². The van der Waals surface area contributed by atoms with E-state index in [-0.39, 0.29) is 30.7 Å². The van der Waals surface area contributed by atoms with E-state index in [0.29, 0.717) is 17.3 Å². The van der Waals surface area contributed by atoms with E-state index in [1.165, 1.54) is 17.8 Å². The van der Waals surface area contributed by atoms with Crippen molar-refractivity contribution in [2.75, 3.05) is 24.2 Å². The van der Waals surface area contributed by atoms with Crippen molar-refractivity contribution < 1.29 is 14.6 Å². The molecule has 0 spiro atoms. The van der Waals surface area contributed by atoms with Crippen LogP contribution in [0.2, 0.25) is 0 Å². The molecule has 0 aliphatic heterocycles. The molecule has 2 aromatic heterocycles. The monoisotopic (exact) mass is 458 g/mol. The molecule has 0 atom stereocenters. The smallest absolute Gasteiger partial charge is 0.270 e. The second-order valence-electron chi connectivity index (χ2n) is 7.06. The van der Waals surface area contributed by atoms with Gasteiger partial charge in [0.15, 0.2) is 0 Å². The molecule has 0 aliphatic rings. The quantitative estimate of drug-likeness (QED) is 0.329. The van der Waals surface area contributed by atoms with Crippen LogP contribution in [0.1, 0.15) is 16.1 Å². The molecule has 174 valence electrons. The molecule has 2 aromatic carbocycles. The number of nitrogen functional groups attached to an aromatic ring is 1. The normalized spacial score (nSPS) is 9.94. The molecule has 2 heterocycles. The molecule has 34 heavy (non-hydrogen) atoms. The molecule has 0 fully saturated rings. The number of amides is 1. The Bertz CT molecular complexity index is 1190. The summed E-state index contributed by atoms with van der Waals surface area (Å²) in [4.78, 5) is 23.8. The number of aromatic nitrogens is 3. The average Bonchev–Trinajstić information content (AvgIpc) is 2.85. The largest absolute Gasteiger partial charge is 0.457 e. The van der Waals surface area contributed by atoms with Gasteiger partial charge in [0.2, 0.25) is 5.95 Å². The molecule has 0 saturated heterocycles. The van der Waals surface area contributed by atoms with Crippen molar-refractivity contribution in [3.8, 4) is 11.5 Å². The summed E-state index contributed by atoms with van der Waals surface area (Å²) in [6, 6.07) is 22.4. The van der Waals surface area contributed by atoms with Crippen molar-refractivity contribution in [2.24, 2.45) is 0 Å². The number of ether oxygens (including phenoxy) is 1. The molecule has 4 rings (SSSR count). The number of aliphatic hydroxyl groups excluding tert-OH is 1. The van der Waals surface area contributed by atoms with E-state index in [0.717, 1.165) is 5.69 Å². The van der Waals surface area contributed by atoms with E-state index in [1.807, 2.05) is 30.3 Å². The first-order valence-corrected chi connectivity index (χ1v) is 10.5. The van der Waals surface area contributed by atoms with E-state index < -0.39 is 0 Å². The summed E-state index contributed by atoms with van der Waals surface area (Å²) in [5, 5.41) is 14.4. The van der Waals surface area contributed by atoms with Crippen LogP contribution in [0.15, 0.2) is 85.2 Å². The maximum Gasteiger partial charge on any atom is 0.270 e. The summed E-state index contributed by atoms with van der Waals surface area (Å²) in [5.74, 6) is 1.47. The predicted octanol–water partition coefficient (Wildman–Crippen LogP) is 3.71. The highest BCUT2D eigenvalue weighted by Gasteiger charge is 2.08. The summed E-state index contributed by atoms with van der Waals surface area (Å²) < 4.78 is 5.76. The lowest BCUT2D eigenvalue weighted by Gasteiger charge is -2.09. The van der Waals surface area contributed by atoms with Crippen molar-refractivity contribution in [3.05, 3.63) is 96.4 Å². The van der Waals surface area contributed by atoms with Crippen LogP contribution in [0.5, 0.6) is 11.5 Å². The van der Waals surface area contributed by atoms with Gasteiger partial charge in [-0.05, 0) is 43.3 Å². The number of benzene rings is 2. The summed E-state index contributed by atoms with van der Waals surface area (Å²) in [6.45, 7) is 2.11. The molecule has 0 saturated carbocycles. The minimum atomic E-state index is -0.377. The number of carbonyl (C=O) groups is 1. The van der Waals surface area contributed by atoms with Gasteiger partial charge in [-0.3, -0.25) is 9.78 Å². The molecular formula is C25H26N6O3. The van der Waals surface area contributed by atoms with Crippen molar-refractivity contribution >= 4 is 23.4 Å². The third kappa shape index (κ3) is 7.88. The topological polar surface area (TPSA) is 135 Å². The van der Waals surface area contributed by atoms with E-state index >= 15 is 0 Å². The van der Waals surface area contributed by atoms with Gasteiger partial charge in [0.25, 0.3) is 5.91 Å². The predicted molar refractivity (Wildman–Crippen MR) is 131 cm³/mol. The van der Waals surface area contributed by atoms with Crippen LogP contribution < -0.4 is 21.1 Å². The van der Waals surface area contributed by atoms with Gasteiger partial charge >= 0.3 is 0 Å². The van der Waals surface area contributed by atoms with E-state index in [1.54, 1.807) is 30.5 Å². The molecule has 0 unspecified atom stereocenters. The Morgan fingerprint density at radius 2 is 1.71 bits per heavy atom. The van der Waals surface area contributed by atoms with Gasteiger partial charge in [-0.15, -0.1) is 0 Å². The first-order valence-electron chi connectivity index (χ1n) is 10.5. The zero-order valence-corrected chi connectivity index (χ0v) is 18.7. The Balaban J connectivity index is 0.000000396. The molecular weight excluding hydrogens is 432 g/mol. The number of aryl methyl sites for hydroxylation is 1. The lowest BCUT2D eigenvalue weighted by molar-refractivity contribution is 0.0939. The Morgan fingerprint density at radius 3 is 2.35 bits per heavy atom. The Hall–Kier alpha value is -4.50. The first-order chi connectivity index (χ1) is 16.5. The van der Waals surface area contributed by atoms with Crippen LogP contribution in [-0.2, 0) is 0 Å². The van der Waals surface area contributed by atoms with Crippen LogP contribution in [0, 0.1) is 6.92 Å². The van der Waals surface area contributed by atoms with Gasteiger partial charge < -0.3 is 26.2 Å². The highest BCUT2D eigenvalue weighted by atomic mass is 16.5. The number of hydrogen-bond donors (Lipinski definition) is 4. The fraction of sp³-hybridized carbons (Fsp3) is 0.120.